The van der Waals surface area contributed by atoms with Gasteiger partial charge < -0.3 is 4.74 Å². The smallest absolute Gasteiger partial charge is 0.453 e. The predicted octanol–water partition coefficient (Wildman–Crippen LogP) is 3.38. The quantitative estimate of drug-likeness (QED) is 0.740. The van der Waals surface area contributed by atoms with Crippen molar-refractivity contribution in [3.8, 4) is 5.75 Å². The summed E-state index contributed by atoms with van der Waals surface area (Å²) in [5, 5.41) is 10.9. The summed E-state index contributed by atoms with van der Waals surface area (Å²) in [5.74, 6) is -0.395. The number of rotatable bonds is 3. The van der Waals surface area contributed by atoms with Gasteiger partial charge in [-0.15, -0.1) is 10.2 Å². The van der Waals surface area contributed by atoms with Crippen LogP contribution in [0.2, 0.25) is 0 Å². The predicted molar refractivity (Wildman–Crippen MR) is 75.6 cm³/mol. The summed E-state index contributed by atoms with van der Waals surface area (Å²) in [4.78, 5) is 0.0988. The molecule has 0 N–H and O–H groups in total. The Bertz CT molecular complexity index is 820. The van der Waals surface area contributed by atoms with Gasteiger partial charge in [-0.05, 0) is 23.8 Å². The molecule has 114 valence electrons. The summed E-state index contributed by atoms with van der Waals surface area (Å²) in [6.07, 6.45) is -1.20. The molecule has 0 radical (unpaired) electrons. The van der Waals surface area contributed by atoms with Gasteiger partial charge in [-0.3, -0.25) is 0 Å². The van der Waals surface area contributed by atoms with Crippen LogP contribution in [-0.2, 0) is 6.18 Å². The number of benzene rings is 1. The van der Waals surface area contributed by atoms with Crippen LogP contribution in [0, 0.1) is 0 Å². The Morgan fingerprint density at radius 3 is 2.50 bits per heavy atom. The lowest BCUT2D eigenvalue weighted by Crippen LogP contribution is -2.11. The molecular weight excluding hydrogens is 317 g/mol. The van der Waals surface area contributed by atoms with E-state index in [1.165, 1.54) is 0 Å². The van der Waals surface area contributed by atoms with Gasteiger partial charge in [0.15, 0.2) is 0 Å². The van der Waals surface area contributed by atoms with Gasteiger partial charge in [0.05, 0.1) is 7.11 Å². The Hall–Kier alpha value is -2.42. The number of methoxy groups -OCH3 is 1. The lowest BCUT2D eigenvalue weighted by atomic mass is 10.2. The third kappa shape index (κ3) is 2.80. The minimum absolute atomic E-state index is 0.0988. The largest absolute Gasteiger partial charge is 0.497 e. The molecule has 9 heteroatoms. The first-order chi connectivity index (χ1) is 10.5. The number of fused-ring (bicyclic) bond motifs is 1. The summed E-state index contributed by atoms with van der Waals surface area (Å²) in [6.45, 7) is 0. The Balaban J connectivity index is 1.87. The normalized spacial score (nSPS) is 12.4. The Labute approximate surface area is 126 Å². The van der Waals surface area contributed by atoms with E-state index in [2.05, 4.69) is 15.3 Å². The van der Waals surface area contributed by atoms with Crippen LogP contribution in [0.25, 0.3) is 17.1 Å². The molecule has 0 saturated heterocycles. The van der Waals surface area contributed by atoms with Gasteiger partial charge >= 0.3 is 6.18 Å². The van der Waals surface area contributed by atoms with Crippen molar-refractivity contribution >= 4 is 28.4 Å². The maximum atomic E-state index is 12.7. The average molecular weight is 326 g/mol. The first-order valence-corrected chi connectivity index (χ1v) is 6.90. The number of alkyl halides is 3. The first-order valence-electron chi connectivity index (χ1n) is 6.09. The van der Waals surface area contributed by atoms with Gasteiger partial charge in [0.2, 0.25) is 4.96 Å². The van der Waals surface area contributed by atoms with Gasteiger partial charge in [0, 0.05) is 0 Å². The summed E-state index contributed by atoms with van der Waals surface area (Å²) < 4.78 is 43.8. The highest BCUT2D eigenvalue weighted by Crippen LogP contribution is 2.29. The molecular formula is C13H9F3N4OS. The van der Waals surface area contributed by atoms with E-state index < -0.39 is 12.0 Å². The molecule has 0 aliphatic carbocycles. The third-order valence-corrected chi connectivity index (χ3v) is 3.66. The number of hydrogen-bond donors (Lipinski definition) is 0. The van der Waals surface area contributed by atoms with Gasteiger partial charge in [-0.1, -0.05) is 29.5 Å². The Kier molecular flexibility index (Phi) is 3.57. The number of nitrogens with zero attached hydrogens (tertiary/aromatic N) is 4. The van der Waals surface area contributed by atoms with Crippen molar-refractivity contribution in [2.75, 3.05) is 7.11 Å². The Morgan fingerprint density at radius 2 is 1.86 bits per heavy atom. The van der Waals surface area contributed by atoms with Crippen molar-refractivity contribution in [1.29, 1.82) is 0 Å². The zero-order chi connectivity index (χ0) is 15.7. The first kappa shape index (κ1) is 14.5. The minimum Gasteiger partial charge on any atom is -0.497 e. The van der Waals surface area contributed by atoms with E-state index in [1.54, 1.807) is 31.4 Å². The highest BCUT2D eigenvalue weighted by Gasteiger charge is 2.38. The maximum absolute atomic E-state index is 12.7. The number of aromatic nitrogens is 4. The summed E-state index contributed by atoms with van der Waals surface area (Å²) in [5.41, 5.74) is 0.878. The molecule has 0 aliphatic rings. The monoisotopic (exact) mass is 326 g/mol. The van der Waals surface area contributed by atoms with E-state index in [-0.39, 0.29) is 4.96 Å². The topological polar surface area (TPSA) is 52.3 Å². The molecule has 0 amide bonds. The van der Waals surface area contributed by atoms with Crippen LogP contribution in [0.15, 0.2) is 24.3 Å². The number of hydrogen-bond acceptors (Lipinski definition) is 5. The van der Waals surface area contributed by atoms with E-state index in [1.807, 2.05) is 12.1 Å². The molecule has 3 aromatic rings. The van der Waals surface area contributed by atoms with Crippen LogP contribution in [0.1, 0.15) is 16.4 Å². The molecule has 0 aliphatic heterocycles. The third-order valence-electron chi connectivity index (χ3n) is 2.79. The molecule has 0 spiro atoms. The second-order valence-electron chi connectivity index (χ2n) is 4.26. The van der Waals surface area contributed by atoms with E-state index >= 15 is 0 Å². The van der Waals surface area contributed by atoms with Gasteiger partial charge in [0.25, 0.3) is 5.82 Å². The van der Waals surface area contributed by atoms with Crippen LogP contribution < -0.4 is 4.74 Å². The molecule has 3 rings (SSSR count). The van der Waals surface area contributed by atoms with Crippen molar-refractivity contribution < 1.29 is 17.9 Å². The molecule has 0 bridgehead atoms. The van der Waals surface area contributed by atoms with Gasteiger partial charge in [-0.25, -0.2) is 0 Å². The number of halogens is 3. The van der Waals surface area contributed by atoms with Gasteiger partial charge in [0.1, 0.15) is 10.8 Å². The van der Waals surface area contributed by atoms with Crippen LogP contribution in [0.3, 0.4) is 0 Å². The SMILES string of the molecule is COc1ccc(C=Cc2nn3c(C(F)(F)F)nnc3s2)cc1. The standard InChI is InChI=1S/C13H9F3N4OS/c1-21-9-5-2-8(3-6-9)4-7-10-19-20-11(13(14,15)16)17-18-12(20)22-10/h2-7H,1H3. The average Bonchev–Trinajstić information content (AvgIpc) is 3.04. The van der Waals surface area contributed by atoms with Crippen LogP contribution >= 0.6 is 11.3 Å². The fourth-order valence-corrected chi connectivity index (χ4v) is 2.50. The fourth-order valence-electron chi connectivity index (χ4n) is 1.76. The highest BCUT2D eigenvalue weighted by atomic mass is 32.1. The molecule has 5 nitrogen and oxygen atoms in total. The highest BCUT2D eigenvalue weighted by molar-refractivity contribution is 7.17. The fraction of sp³-hybridized carbons (Fsp3) is 0.154. The van der Waals surface area contributed by atoms with E-state index in [9.17, 15) is 13.2 Å². The Morgan fingerprint density at radius 1 is 1.14 bits per heavy atom. The zero-order valence-electron chi connectivity index (χ0n) is 11.2. The molecule has 22 heavy (non-hydrogen) atoms. The van der Waals surface area contributed by atoms with Gasteiger partial charge in [-0.2, -0.15) is 22.8 Å². The van der Waals surface area contributed by atoms with Crippen molar-refractivity contribution in [1.82, 2.24) is 19.8 Å². The summed E-state index contributed by atoms with van der Waals surface area (Å²) in [7, 11) is 1.57. The molecule has 0 unspecified atom stereocenters. The molecule has 2 aromatic heterocycles. The number of ether oxygens (including phenoxy) is 1. The molecule has 1 aromatic carbocycles. The minimum atomic E-state index is -4.58. The maximum Gasteiger partial charge on any atom is 0.453 e. The molecule has 0 atom stereocenters. The van der Waals surface area contributed by atoms with Crippen molar-refractivity contribution in [3.63, 3.8) is 0 Å². The second-order valence-corrected chi connectivity index (χ2v) is 5.25. The zero-order valence-corrected chi connectivity index (χ0v) is 12.0. The van der Waals surface area contributed by atoms with Crippen LogP contribution in [0.4, 0.5) is 13.2 Å². The lowest BCUT2D eigenvalue weighted by molar-refractivity contribution is -0.146. The molecule has 0 fully saturated rings. The van der Waals surface area contributed by atoms with Crippen LogP contribution in [0.5, 0.6) is 5.75 Å². The molecule has 2 heterocycles. The van der Waals surface area contributed by atoms with E-state index in [0.29, 0.717) is 9.52 Å². The molecule has 0 saturated carbocycles. The van der Waals surface area contributed by atoms with E-state index in [4.69, 9.17) is 4.74 Å². The van der Waals surface area contributed by atoms with Crippen molar-refractivity contribution in [2.24, 2.45) is 0 Å². The lowest BCUT2D eigenvalue weighted by Gasteiger charge is -1.99. The second kappa shape index (κ2) is 5.41. The van der Waals surface area contributed by atoms with Crippen LogP contribution in [-0.4, -0.2) is 26.9 Å². The van der Waals surface area contributed by atoms with Crippen molar-refractivity contribution in [3.05, 3.63) is 40.7 Å². The summed E-state index contributed by atoms with van der Waals surface area (Å²) in [6, 6.07) is 7.24. The summed E-state index contributed by atoms with van der Waals surface area (Å²) >= 11 is 1.03. The van der Waals surface area contributed by atoms with E-state index in [0.717, 1.165) is 22.6 Å². The van der Waals surface area contributed by atoms with Crippen molar-refractivity contribution in [2.45, 2.75) is 6.18 Å².